The fourth-order valence-corrected chi connectivity index (χ4v) is 6.83. The maximum absolute atomic E-state index is 13.0. The maximum atomic E-state index is 13.0. The van der Waals surface area contributed by atoms with E-state index in [1.165, 1.54) is 0 Å². The smallest absolute Gasteiger partial charge is 0.139 e. The summed E-state index contributed by atoms with van der Waals surface area (Å²) in [4.78, 5) is 25.4. The van der Waals surface area contributed by atoms with E-state index in [0.717, 1.165) is 38.5 Å². The van der Waals surface area contributed by atoms with E-state index >= 15 is 0 Å². The Hall–Kier alpha value is -0.700. The Balaban J connectivity index is 1.71. The average molecular weight is 304 g/mol. The van der Waals surface area contributed by atoms with E-state index in [2.05, 4.69) is 13.8 Å². The van der Waals surface area contributed by atoms with Crippen LogP contribution < -0.4 is 0 Å². The highest BCUT2D eigenvalue weighted by Crippen LogP contribution is 2.64. The van der Waals surface area contributed by atoms with Crippen molar-refractivity contribution in [3.63, 3.8) is 0 Å². The van der Waals surface area contributed by atoms with E-state index in [0.29, 0.717) is 42.2 Å². The van der Waals surface area contributed by atoms with Crippen molar-refractivity contribution in [2.75, 3.05) is 0 Å². The molecule has 0 saturated heterocycles. The molecule has 3 nitrogen and oxygen atoms in total. The van der Waals surface area contributed by atoms with Gasteiger partial charge in [-0.05, 0) is 61.7 Å². The first kappa shape index (κ1) is 14.9. The molecule has 0 spiro atoms. The third-order valence-electron chi connectivity index (χ3n) is 8.04. The van der Waals surface area contributed by atoms with Crippen LogP contribution in [0, 0.1) is 34.5 Å². The van der Waals surface area contributed by atoms with Gasteiger partial charge in [0.1, 0.15) is 11.6 Å². The van der Waals surface area contributed by atoms with E-state index in [4.69, 9.17) is 0 Å². The molecule has 0 heterocycles. The number of carbonyl (C=O) groups is 2. The van der Waals surface area contributed by atoms with Gasteiger partial charge in [0.25, 0.3) is 0 Å². The monoisotopic (exact) mass is 304 g/mol. The quantitative estimate of drug-likeness (QED) is 0.748. The number of rotatable bonds is 0. The second-order valence-corrected chi connectivity index (χ2v) is 8.98. The van der Waals surface area contributed by atoms with Gasteiger partial charge in [0.05, 0.1) is 6.10 Å². The summed E-state index contributed by atoms with van der Waals surface area (Å²) < 4.78 is 0. The predicted molar refractivity (Wildman–Crippen MR) is 83.1 cm³/mol. The lowest BCUT2D eigenvalue weighted by molar-refractivity contribution is -0.162. The van der Waals surface area contributed by atoms with E-state index in [-0.39, 0.29) is 22.9 Å². The summed E-state index contributed by atoms with van der Waals surface area (Å²) in [5.41, 5.74) is -0.304. The summed E-state index contributed by atoms with van der Waals surface area (Å²) in [6, 6.07) is 0. The lowest BCUT2D eigenvalue weighted by atomic mass is 9.45. The molecular weight excluding hydrogens is 276 g/mol. The second-order valence-electron chi connectivity index (χ2n) is 8.98. The minimum absolute atomic E-state index is 0.0617. The predicted octanol–water partition coefficient (Wildman–Crippen LogP) is 3.14. The minimum atomic E-state index is -0.365. The number of hydrogen-bond acceptors (Lipinski definition) is 3. The SMILES string of the molecule is C[C@]12CC[C@@H](O)C[C@H]1CC[C@@H]1[C@@H]2C(=O)C[C@]2(C)C(=O)CC[C@@H]12. The number of carbonyl (C=O) groups excluding carboxylic acids is 2. The summed E-state index contributed by atoms with van der Waals surface area (Å²) in [5, 5.41) is 10.0. The lowest BCUT2D eigenvalue weighted by Gasteiger charge is -2.58. The average Bonchev–Trinajstić information content (AvgIpc) is 2.75. The second kappa shape index (κ2) is 4.66. The molecule has 3 heteroatoms. The normalized spacial score (nSPS) is 54.6. The molecule has 4 aliphatic rings. The van der Waals surface area contributed by atoms with Crippen LogP contribution in [0.5, 0.6) is 0 Å². The van der Waals surface area contributed by atoms with Crippen LogP contribution in [0.4, 0.5) is 0 Å². The van der Waals surface area contributed by atoms with E-state index < -0.39 is 0 Å². The van der Waals surface area contributed by atoms with Gasteiger partial charge in [-0.3, -0.25) is 9.59 Å². The number of aliphatic hydroxyl groups excluding tert-OH is 1. The molecule has 0 aromatic rings. The number of aliphatic hydroxyl groups is 1. The van der Waals surface area contributed by atoms with Crippen LogP contribution in [-0.4, -0.2) is 22.8 Å². The molecule has 1 N–H and O–H groups in total. The molecule has 0 radical (unpaired) electrons. The van der Waals surface area contributed by atoms with Crippen molar-refractivity contribution in [2.45, 2.75) is 71.3 Å². The molecule has 4 rings (SSSR count). The lowest BCUT2D eigenvalue weighted by Crippen LogP contribution is -2.57. The Morgan fingerprint density at radius 2 is 1.86 bits per heavy atom. The van der Waals surface area contributed by atoms with Gasteiger partial charge in [-0.25, -0.2) is 0 Å². The Morgan fingerprint density at radius 3 is 2.64 bits per heavy atom. The largest absolute Gasteiger partial charge is 0.393 e. The van der Waals surface area contributed by atoms with Gasteiger partial charge in [0.2, 0.25) is 0 Å². The first-order valence-corrected chi connectivity index (χ1v) is 9.10. The first-order valence-electron chi connectivity index (χ1n) is 9.10. The highest BCUT2D eigenvalue weighted by molar-refractivity contribution is 5.95. The molecule has 0 aromatic carbocycles. The molecule has 0 aromatic heterocycles. The Bertz CT molecular complexity index is 527. The van der Waals surface area contributed by atoms with Gasteiger partial charge in [-0.15, -0.1) is 0 Å². The van der Waals surface area contributed by atoms with E-state index in [9.17, 15) is 14.7 Å². The van der Waals surface area contributed by atoms with Gasteiger partial charge in [0.15, 0.2) is 0 Å². The molecular formula is C19H28O3. The summed E-state index contributed by atoms with van der Waals surface area (Å²) in [5.74, 6) is 2.14. The van der Waals surface area contributed by atoms with Gasteiger partial charge >= 0.3 is 0 Å². The number of hydrogen-bond donors (Lipinski definition) is 1. The number of ketones is 2. The molecule has 7 atom stereocenters. The number of fused-ring (bicyclic) bond motifs is 5. The molecule has 122 valence electrons. The van der Waals surface area contributed by atoms with Crippen molar-refractivity contribution in [3.05, 3.63) is 0 Å². The fraction of sp³-hybridized carbons (Fsp3) is 0.895. The molecule has 4 aliphatic carbocycles. The molecule has 0 aliphatic heterocycles. The van der Waals surface area contributed by atoms with Crippen molar-refractivity contribution < 1.29 is 14.7 Å². The molecule has 4 saturated carbocycles. The third-order valence-corrected chi connectivity index (χ3v) is 8.04. The zero-order chi connectivity index (χ0) is 15.7. The molecule has 0 amide bonds. The Kier molecular flexibility index (Phi) is 3.15. The van der Waals surface area contributed by atoms with Crippen LogP contribution in [0.1, 0.15) is 65.2 Å². The molecule has 0 bridgehead atoms. The Morgan fingerprint density at radius 1 is 1.09 bits per heavy atom. The maximum Gasteiger partial charge on any atom is 0.139 e. The Labute approximate surface area is 132 Å². The van der Waals surface area contributed by atoms with Crippen LogP contribution in [0.3, 0.4) is 0 Å². The molecule has 0 unspecified atom stereocenters. The van der Waals surface area contributed by atoms with E-state index in [1.54, 1.807) is 0 Å². The summed E-state index contributed by atoms with van der Waals surface area (Å²) in [6.45, 7) is 4.36. The topological polar surface area (TPSA) is 54.4 Å². The summed E-state index contributed by atoms with van der Waals surface area (Å²) in [7, 11) is 0. The van der Waals surface area contributed by atoms with Crippen LogP contribution in [0.2, 0.25) is 0 Å². The van der Waals surface area contributed by atoms with Gasteiger partial charge in [-0.2, -0.15) is 0 Å². The zero-order valence-electron chi connectivity index (χ0n) is 13.8. The summed E-state index contributed by atoms with van der Waals surface area (Å²) >= 11 is 0. The highest BCUT2D eigenvalue weighted by atomic mass is 16.3. The van der Waals surface area contributed by atoms with Crippen LogP contribution in [0.25, 0.3) is 0 Å². The molecule has 4 fully saturated rings. The van der Waals surface area contributed by atoms with Crippen molar-refractivity contribution >= 4 is 11.6 Å². The van der Waals surface area contributed by atoms with Crippen molar-refractivity contribution in [3.8, 4) is 0 Å². The standard InChI is InChI=1S/C19H28O3/c1-18-8-7-12(20)9-11(18)3-4-13-14-5-6-16(22)19(14,2)10-15(21)17(13)18/h11-14,17,20H,3-10H2,1-2H3/t11-,12-,13+,14+,17-,18+,19+/m1/s1. The van der Waals surface area contributed by atoms with Crippen LogP contribution in [-0.2, 0) is 9.59 Å². The van der Waals surface area contributed by atoms with Crippen molar-refractivity contribution in [1.82, 2.24) is 0 Å². The van der Waals surface area contributed by atoms with Gasteiger partial charge in [-0.1, -0.05) is 13.8 Å². The fourth-order valence-electron chi connectivity index (χ4n) is 6.83. The zero-order valence-corrected chi connectivity index (χ0v) is 13.8. The van der Waals surface area contributed by atoms with Gasteiger partial charge in [0, 0.05) is 24.2 Å². The highest BCUT2D eigenvalue weighted by Gasteiger charge is 2.63. The van der Waals surface area contributed by atoms with Crippen molar-refractivity contribution in [1.29, 1.82) is 0 Å². The van der Waals surface area contributed by atoms with E-state index in [1.807, 2.05) is 0 Å². The van der Waals surface area contributed by atoms with Gasteiger partial charge < -0.3 is 5.11 Å². The minimum Gasteiger partial charge on any atom is -0.393 e. The van der Waals surface area contributed by atoms with Crippen LogP contribution >= 0.6 is 0 Å². The number of Topliss-reactive ketones (excluding diaryl/α,β-unsaturated/α-hetero) is 2. The first-order chi connectivity index (χ1) is 10.4. The third kappa shape index (κ3) is 1.78. The summed E-state index contributed by atoms with van der Waals surface area (Å²) in [6.07, 6.45) is 6.86. The van der Waals surface area contributed by atoms with Crippen LogP contribution in [0.15, 0.2) is 0 Å². The van der Waals surface area contributed by atoms with Crippen molar-refractivity contribution in [2.24, 2.45) is 34.5 Å². The molecule has 22 heavy (non-hydrogen) atoms.